The summed E-state index contributed by atoms with van der Waals surface area (Å²) >= 11 is 0. The molecule has 2 rings (SSSR count). The molecule has 1 amide bonds. The molecule has 3 nitrogen and oxygen atoms in total. The first-order valence-corrected chi connectivity index (χ1v) is 7.25. The molecular weight excluding hydrogens is 236 g/mol. The molecule has 0 aromatic heterocycles. The van der Waals surface area contributed by atoms with Crippen LogP contribution in [0.15, 0.2) is 24.3 Å². The highest BCUT2D eigenvalue weighted by Gasteiger charge is 2.22. The highest BCUT2D eigenvalue weighted by molar-refractivity contribution is 5.76. The van der Waals surface area contributed by atoms with Crippen molar-refractivity contribution in [3.05, 3.63) is 35.4 Å². The summed E-state index contributed by atoms with van der Waals surface area (Å²) in [4.78, 5) is 11.9. The number of nitrogens with two attached hydrogens (primary N) is 1. The van der Waals surface area contributed by atoms with Crippen molar-refractivity contribution in [2.45, 2.75) is 57.5 Å². The second kappa shape index (κ2) is 6.71. The fraction of sp³-hybridized carbons (Fsp3) is 0.562. The average molecular weight is 260 g/mol. The Balaban J connectivity index is 1.78. The quantitative estimate of drug-likeness (QED) is 0.873. The molecule has 3 N–H and O–H groups in total. The van der Waals surface area contributed by atoms with Crippen LogP contribution in [0, 0.1) is 6.92 Å². The van der Waals surface area contributed by atoms with Gasteiger partial charge in [0.25, 0.3) is 0 Å². The maximum absolute atomic E-state index is 11.9. The number of carbonyl (C=O) groups excluding carboxylic acids is 1. The zero-order valence-electron chi connectivity index (χ0n) is 11.7. The van der Waals surface area contributed by atoms with Gasteiger partial charge in [0.2, 0.25) is 5.91 Å². The minimum Gasteiger partial charge on any atom is -0.352 e. The van der Waals surface area contributed by atoms with E-state index in [9.17, 15) is 4.79 Å². The van der Waals surface area contributed by atoms with Crippen LogP contribution in [0.3, 0.4) is 0 Å². The molecule has 0 saturated heterocycles. The molecule has 0 unspecified atom stereocenters. The lowest BCUT2D eigenvalue weighted by Crippen LogP contribution is -2.49. The number of rotatable bonds is 4. The van der Waals surface area contributed by atoms with Gasteiger partial charge in [-0.1, -0.05) is 42.7 Å². The van der Waals surface area contributed by atoms with Crippen molar-refractivity contribution in [3.63, 3.8) is 0 Å². The monoisotopic (exact) mass is 260 g/mol. The fourth-order valence-corrected chi connectivity index (χ4v) is 2.74. The maximum Gasteiger partial charge on any atom is 0.220 e. The minimum atomic E-state index is 0.129. The van der Waals surface area contributed by atoms with Gasteiger partial charge in [-0.3, -0.25) is 4.79 Å². The van der Waals surface area contributed by atoms with Gasteiger partial charge in [-0.05, 0) is 31.7 Å². The van der Waals surface area contributed by atoms with Gasteiger partial charge in [0.1, 0.15) is 0 Å². The van der Waals surface area contributed by atoms with Crippen molar-refractivity contribution in [2.75, 3.05) is 0 Å². The summed E-state index contributed by atoms with van der Waals surface area (Å²) in [5.41, 5.74) is 8.51. The van der Waals surface area contributed by atoms with Gasteiger partial charge in [0.15, 0.2) is 0 Å². The highest BCUT2D eigenvalue weighted by atomic mass is 16.1. The van der Waals surface area contributed by atoms with Gasteiger partial charge < -0.3 is 11.1 Å². The predicted molar refractivity (Wildman–Crippen MR) is 77.9 cm³/mol. The lowest BCUT2D eigenvalue weighted by molar-refractivity contribution is -0.122. The zero-order chi connectivity index (χ0) is 13.7. The van der Waals surface area contributed by atoms with Gasteiger partial charge in [0.05, 0.1) is 0 Å². The fourth-order valence-electron chi connectivity index (χ4n) is 2.74. The van der Waals surface area contributed by atoms with Crippen LogP contribution in [-0.4, -0.2) is 18.0 Å². The third kappa shape index (κ3) is 4.35. The van der Waals surface area contributed by atoms with Crippen LogP contribution in [0.1, 0.15) is 43.2 Å². The number of aryl methyl sites for hydroxylation is 2. The molecule has 1 aliphatic carbocycles. The van der Waals surface area contributed by atoms with E-state index in [4.69, 9.17) is 5.73 Å². The molecule has 0 spiro atoms. The number of carbonyl (C=O) groups is 1. The Hall–Kier alpha value is -1.35. The molecule has 19 heavy (non-hydrogen) atoms. The van der Waals surface area contributed by atoms with Gasteiger partial charge >= 0.3 is 0 Å². The summed E-state index contributed by atoms with van der Waals surface area (Å²) < 4.78 is 0. The molecule has 0 radical (unpaired) electrons. The summed E-state index contributed by atoms with van der Waals surface area (Å²) in [5, 5.41) is 3.09. The van der Waals surface area contributed by atoms with Crippen molar-refractivity contribution in [2.24, 2.45) is 5.73 Å². The van der Waals surface area contributed by atoms with Crippen LogP contribution in [0.25, 0.3) is 0 Å². The van der Waals surface area contributed by atoms with E-state index in [1.807, 2.05) is 6.07 Å². The Labute approximate surface area is 115 Å². The van der Waals surface area contributed by atoms with E-state index < -0.39 is 0 Å². The maximum atomic E-state index is 11.9. The first-order valence-electron chi connectivity index (χ1n) is 7.25. The third-order valence-corrected chi connectivity index (χ3v) is 3.89. The Morgan fingerprint density at radius 1 is 1.37 bits per heavy atom. The Kier molecular flexibility index (Phi) is 4.97. The van der Waals surface area contributed by atoms with Crippen LogP contribution < -0.4 is 11.1 Å². The van der Waals surface area contributed by atoms with E-state index in [0.717, 1.165) is 19.3 Å². The van der Waals surface area contributed by atoms with Crippen LogP contribution in [0.4, 0.5) is 0 Å². The largest absolute Gasteiger partial charge is 0.352 e. The van der Waals surface area contributed by atoms with Crippen molar-refractivity contribution >= 4 is 5.91 Å². The van der Waals surface area contributed by atoms with Gasteiger partial charge in [-0.25, -0.2) is 0 Å². The van der Waals surface area contributed by atoms with E-state index >= 15 is 0 Å². The predicted octanol–water partition coefficient (Wildman–Crippen LogP) is 2.31. The molecule has 0 bridgehead atoms. The molecule has 2 atom stereocenters. The second-order valence-electron chi connectivity index (χ2n) is 5.61. The third-order valence-electron chi connectivity index (χ3n) is 3.89. The number of hydrogen-bond donors (Lipinski definition) is 2. The summed E-state index contributed by atoms with van der Waals surface area (Å²) in [6, 6.07) is 8.65. The van der Waals surface area contributed by atoms with E-state index in [2.05, 4.69) is 30.4 Å². The van der Waals surface area contributed by atoms with Crippen molar-refractivity contribution in [1.29, 1.82) is 0 Å². The molecule has 1 fully saturated rings. The molecule has 104 valence electrons. The Morgan fingerprint density at radius 3 is 2.89 bits per heavy atom. The van der Waals surface area contributed by atoms with Crippen molar-refractivity contribution in [1.82, 2.24) is 5.32 Å². The van der Waals surface area contributed by atoms with Crippen LogP contribution >= 0.6 is 0 Å². The molecule has 1 saturated carbocycles. The van der Waals surface area contributed by atoms with Crippen LogP contribution in [0.5, 0.6) is 0 Å². The minimum absolute atomic E-state index is 0.129. The van der Waals surface area contributed by atoms with Crippen LogP contribution in [0.2, 0.25) is 0 Å². The second-order valence-corrected chi connectivity index (χ2v) is 5.61. The number of benzene rings is 1. The van der Waals surface area contributed by atoms with Gasteiger partial charge in [-0.2, -0.15) is 0 Å². The summed E-state index contributed by atoms with van der Waals surface area (Å²) in [5.74, 6) is 0.129. The van der Waals surface area contributed by atoms with E-state index in [0.29, 0.717) is 6.42 Å². The van der Waals surface area contributed by atoms with E-state index in [1.165, 1.54) is 24.0 Å². The average Bonchev–Trinajstić information content (AvgIpc) is 2.39. The highest BCUT2D eigenvalue weighted by Crippen LogP contribution is 2.17. The van der Waals surface area contributed by atoms with Gasteiger partial charge in [-0.15, -0.1) is 0 Å². The zero-order valence-corrected chi connectivity index (χ0v) is 11.7. The number of amides is 1. The summed E-state index contributed by atoms with van der Waals surface area (Å²) in [7, 11) is 0. The molecule has 3 heteroatoms. The number of nitrogens with one attached hydrogen (secondary N) is 1. The molecule has 1 aromatic rings. The smallest absolute Gasteiger partial charge is 0.220 e. The summed E-state index contributed by atoms with van der Waals surface area (Å²) in [6.07, 6.45) is 5.77. The lowest BCUT2D eigenvalue weighted by Gasteiger charge is -2.29. The lowest BCUT2D eigenvalue weighted by atomic mass is 9.91. The van der Waals surface area contributed by atoms with Crippen LogP contribution in [-0.2, 0) is 11.2 Å². The van der Waals surface area contributed by atoms with E-state index in [1.54, 1.807) is 0 Å². The molecule has 0 heterocycles. The van der Waals surface area contributed by atoms with Gasteiger partial charge in [0, 0.05) is 18.5 Å². The summed E-state index contributed by atoms with van der Waals surface area (Å²) in [6.45, 7) is 2.07. The topological polar surface area (TPSA) is 55.1 Å². The SMILES string of the molecule is Cc1cccc(CCC(=O)N[C@@H]2CCCC[C@H]2N)c1. The Bertz CT molecular complexity index is 431. The Morgan fingerprint density at radius 2 is 2.16 bits per heavy atom. The first-order chi connectivity index (χ1) is 9.15. The molecular formula is C16H24N2O. The molecule has 1 aromatic carbocycles. The molecule has 0 aliphatic heterocycles. The standard InChI is InChI=1S/C16H24N2O/c1-12-5-4-6-13(11-12)9-10-16(19)18-15-8-3-2-7-14(15)17/h4-6,11,14-15H,2-3,7-10,17H2,1H3,(H,18,19)/t14-,15-/m1/s1. The van der Waals surface area contributed by atoms with Crippen molar-refractivity contribution < 1.29 is 4.79 Å². The first kappa shape index (κ1) is 14.1. The normalized spacial score (nSPS) is 23.1. The van der Waals surface area contributed by atoms with E-state index in [-0.39, 0.29) is 18.0 Å². The molecule has 1 aliphatic rings. The van der Waals surface area contributed by atoms with Crippen molar-refractivity contribution in [3.8, 4) is 0 Å². The number of hydrogen-bond acceptors (Lipinski definition) is 2.